The summed E-state index contributed by atoms with van der Waals surface area (Å²) in [4.78, 5) is 5.61. The molecule has 1 saturated carbocycles. The van der Waals surface area contributed by atoms with Crippen LogP contribution in [0.25, 0.3) is 10.9 Å². The van der Waals surface area contributed by atoms with Crippen molar-refractivity contribution in [2.24, 2.45) is 5.92 Å². The molecule has 0 amide bonds. The van der Waals surface area contributed by atoms with E-state index in [1.54, 1.807) is 6.07 Å². The molecule has 1 fully saturated rings. The van der Waals surface area contributed by atoms with E-state index in [4.69, 9.17) is 0 Å². The molecule has 3 heteroatoms. The molecule has 2 N–H and O–H groups in total. The third-order valence-corrected chi connectivity index (χ3v) is 5.11. The van der Waals surface area contributed by atoms with Crippen LogP contribution in [0, 0.1) is 5.92 Å². The molecule has 120 valence electrons. The van der Waals surface area contributed by atoms with Gasteiger partial charge in [0.05, 0.1) is 5.52 Å². The fraction of sp³-hybridized carbons (Fsp3) is 0.579. The summed E-state index contributed by atoms with van der Waals surface area (Å²) >= 11 is 0. The SMILES string of the molecule is CN(CCC1CCCCCC1)Cc1c[nH]c2c(O)cccc12. The molecular formula is C19H28N2O. The Balaban J connectivity index is 1.56. The van der Waals surface area contributed by atoms with Gasteiger partial charge in [-0.2, -0.15) is 0 Å². The van der Waals surface area contributed by atoms with Gasteiger partial charge in [0.25, 0.3) is 0 Å². The highest BCUT2D eigenvalue weighted by molar-refractivity contribution is 5.87. The lowest BCUT2D eigenvalue weighted by molar-refractivity contribution is 0.283. The second-order valence-corrected chi connectivity index (χ2v) is 6.90. The summed E-state index contributed by atoms with van der Waals surface area (Å²) in [5.41, 5.74) is 2.13. The number of phenolic OH excluding ortho intramolecular Hbond substituents is 1. The van der Waals surface area contributed by atoms with Crippen LogP contribution >= 0.6 is 0 Å². The Morgan fingerprint density at radius 3 is 2.73 bits per heavy atom. The van der Waals surface area contributed by atoms with E-state index in [2.05, 4.69) is 23.0 Å². The Hall–Kier alpha value is -1.48. The summed E-state index contributed by atoms with van der Waals surface area (Å²) in [6.07, 6.45) is 11.9. The summed E-state index contributed by atoms with van der Waals surface area (Å²) in [7, 11) is 2.21. The van der Waals surface area contributed by atoms with Gasteiger partial charge >= 0.3 is 0 Å². The van der Waals surface area contributed by atoms with Crippen LogP contribution in [0.1, 0.15) is 50.5 Å². The van der Waals surface area contributed by atoms with Crippen molar-refractivity contribution >= 4 is 10.9 Å². The third kappa shape index (κ3) is 3.64. The molecule has 0 bridgehead atoms. The number of nitrogens with zero attached hydrogens (tertiary/aromatic N) is 1. The van der Waals surface area contributed by atoms with Crippen LogP contribution < -0.4 is 0 Å². The topological polar surface area (TPSA) is 39.3 Å². The molecule has 0 saturated heterocycles. The highest BCUT2D eigenvalue weighted by atomic mass is 16.3. The van der Waals surface area contributed by atoms with E-state index in [1.807, 2.05) is 12.3 Å². The first-order valence-electron chi connectivity index (χ1n) is 8.70. The van der Waals surface area contributed by atoms with E-state index in [1.165, 1.54) is 50.5 Å². The number of aromatic hydroxyl groups is 1. The number of hydrogen-bond acceptors (Lipinski definition) is 2. The van der Waals surface area contributed by atoms with Gasteiger partial charge in [0, 0.05) is 18.1 Å². The summed E-state index contributed by atoms with van der Waals surface area (Å²) in [5, 5.41) is 11.0. The molecule has 0 atom stereocenters. The number of rotatable bonds is 5. The zero-order valence-corrected chi connectivity index (χ0v) is 13.6. The predicted octanol–water partition coefficient (Wildman–Crippen LogP) is 4.67. The van der Waals surface area contributed by atoms with Crippen molar-refractivity contribution < 1.29 is 5.11 Å². The van der Waals surface area contributed by atoms with Crippen molar-refractivity contribution in [3.63, 3.8) is 0 Å². The minimum absolute atomic E-state index is 0.338. The van der Waals surface area contributed by atoms with Crippen molar-refractivity contribution in [1.29, 1.82) is 0 Å². The van der Waals surface area contributed by atoms with Gasteiger partial charge in [-0.1, -0.05) is 50.7 Å². The lowest BCUT2D eigenvalue weighted by atomic mass is 9.96. The molecule has 1 aliphatic rings. The number of nitrogens with one attached hydrogen (secondary N) is 1. The highest BCUT2D eigenvalue weighted by Gasteiger charge is 2.14. The average Bonchev–Trinajstić information content (AvgIpc) is 2.75. The van der Waals surface area contributed by atoms with Gasteiger partial charge in [-0.05, 0) is 37.6 Å². The van der Waals surface area contributed by atoms with Gasteiger partial charge in [-0.25, -0.2) is 0 Å². The number of phenols is 1. The molecule has 2 aromatic rings. The van der Waals surface area contributed by atoms with E-state index in [-0.39, 0.29) is 0 Å². The lowest BCUT2D eigenvalue weighted by Crippen LogP contribution is -2.21. The van der Waals surface area contributed by atoms with Gasteiger partial charge in [-0.15, -0.1) is 0 Å². The molecule has 1 aromatic carbocycles. The molecule has 3 nitrogen and oxygen atoms in total. The molecule has 3 rings (SSSR count). The predicted molar refractivity (Wildman–Crippen MR) is 92.1 cm³/mol. The van der Waals surface area contributed by atoms with Gasteiger partial charge in [0.2, 0.25) is 0 Å². The summed E-state index contributed by atoms with van der Waals surface area (Å²) in [6, 6.07) is 5.74. The maximum atomic E-state index is 9.87. The molecule has 0 unspecified atom stereocenters. The Labute approximate surface area is 133 Å². The number of aromatic amines is 1. The van der Waals surface area contributed by atoms with Crippen LogP contribution in [0.5, 0.6) is 5.75 Å². The second-order valence-electron chi connectivity index (χ2n) is 6.90. The van der Waals surface area contributed by atoms with E-state index in [9.17, 15) is 5.11 Å². The molecule has 22 heavy (non-hydrogen) atoms. The number of para-hydroxylation sites is 1. The van der Waals surface area contributed by atoms with Crippen LogP contribution in [0.4, 0.5) is 0 Å². The van der Waals surface area contributed by atoms with Gasteiger partial charge < -0.3 is 15.0 Å². The minimum atomic E-state index is 0.338. The van der Waals surface area contributed by atoms with Crippen molar-refractivity contribution in [2.75, 3.05) is 13.6 Å². The lowest BCUT2D eigenvalue weighted by Gasteiger charge is -2.20. The fourth-order valence-electron chi connectivity index (χ4n) is 3.75. The number of aromatic nitrogens is 1. The zero-order valence-electron chi connectivity index (χ0n) is 13.6. The van der Waals surface area contributed by atoms with Gasteiger partial charge in [0.1, 0.15) is 5.75 Å². The van der Waals surface area contributed by atoms with Crippen LogP contribution in [0.15, 0.2) is 24.4 Å². The van der Waals surface area contributed by atoms with Crippen LogP contribution in [-0.2, 0) is 6.54 Å². The van der Waals surface area contributed by atoms with Crippen molar-refractivity contribution in [1.82, 2.24) is 9.88 Å². The van der Waals surface area contributed by atoms with Crippen LogP contribution in [0.2, 0.25) is 0 Å². The first-order valence-corrected chi connectivity index (χ1v) is 8.70. The Morgan fingerprint density at radius 2 is 1.95 bits per heavy atom. The summed E-state index contributed by atoms with van der Waals surface area (Å²) < 4.78 is 0. The van der Waals surface area contributed by atoms with Gasteiger partial charge in [0.15, 0.2) is 0 Å². The van der Waals surface area contributed by atoms with Crippen molar-refractivity contribution in [3.8, 4) is 5.75 Å². The first-order chi connectivity index (χ1) is 10.7. The fourth-order valence-corrected chi connectivity index (χ4v) is 3.75. The largest absolute Gasteiger partial charge is 0.506 e. The molecule has 0 aliphatic heterocycles. The number of H-pyrrole nitrogens is 1. The maximum Gasteiger partial charge on any atom is 0.139 e. The maximum absolute atomic E-state index is 9.87. The second kappa shape index (κ2) is 7.19. The molecule has 1 heterocycles. The molecule has 1 aromatic heterocycles. The standard InChI is InChI=1S/C19H28N2O/c1-21(12-11-15-7-4-2-3-5-8-15)14-16-13-20-19-17(16)9-6-10-18(19)22/h6,9-10,13,15,20,22H,2-5,7-8,11-12,14H2,1H3. The van der Waals surface area contributed by atoms with E-state index in [0.29, 0.717) is 5.75 Å². The van der Waals surface area contributed by atoms with Gasteiger partial charge in [-0.3, -0.25) is 0 Å². The van der Waals surface area contributed by atoms with Crippen LogP contribution in [0.3, 0.4) is 0 Å². The molecule has 1 aliphatic carbocycles. The Kier molecular flexibility index (Phi) is 5.04. The molecule has 0 radical (unpaired) electrons. The van der Waals surface area contributed by atoms with E-state index in [0.717, 1.165) is 29.9 Å². The number of hydrogen-bond donors (Lipinski definition) is 2. The molecule has 0 spiro atoms. The highest BCUT2D eigenvalue weighted by Crippen LogP contribution is 2.28. The average molecular weight is 300 g/mol. The Morgan fingerprint density at radius 1 is 1.18 bits per heavy atom. The van der Waals surface area contributed by atoms with E-state index >= 15 is 0 Å². The quantitative estimate of drug-likeness (QED) is 0.788. The summed E-state index contributed by atoms with van der Waals surface area (Å²) in [6.45, 7) is 2.10. The van der Waals surface area contributed by atoms with Crippen molar-refractivity contribution in [2.45, 2.75) is 51.5 Å². The smallest absolute Gasteiger partial charge is 0.139 e. The monoisotopic (exact) mass is 300 g/mol. The van der Waals surface area contributed by atoms with Crippen LogP contribution in [-0.4, -0.2) is 28.6 Å². The zero-order chi connectivity index (χ0) is 15.4. The first kappa shape index (κ1) is 15.4. The normalized spacial score (nSPS) is 17.2. The number of fused-ring (bicyclic) bond motifs is 1. The minimum Gasteiger partial charge on any atom is -0.506 e. The third-order valence-electron chi connectivity index (χ3n) is 5.11. The Bertz CT molecular complexity index is 597. The number of benzene rings is 1. The summed E-state index contributed by atoms with van der Waals surface area (Å²) in [5.74, 6) is 1.27. The van der Waals surface area contributed by atoms with Crippen molar-refractivity contribution in [3.05, 3.63) is 30.0 Å². The van der Waals surface area contributed by atoms with E-state index < -0.39 is 0 Å². The molecular weight excluding hydrogens is 272 g/mol.